The lowest BCUT2D eigenvalue weighted by atomic mass is 10.1. The summed E-state index contributed by atoms with van der Waals surface area (Å²) < 4.78 is 0. The van der Waals surface area contributed by atoms with E-state index in [2.05, 4.69) is 32.0 Å². The molecule has 0 saturated carbocycles. The van der Waals surface area contributed by atoms with Gasteiger partial charge in [0.25, 0.3) is 0 Å². The number of thioether (sulfide) groups is 1. The van der Waals surface area contributed by atoms with Crippen LogP contribution in [0.25, 0.3) is 0 Å². The van der Waals surface area contributed by atoms with Crippen LogP contribution in [0.5, 0.6) is 0 Å². The summed E-state index contributed by atoms with van der Waals surface area (Å²) in [6.07, 6.45) is 8.17. The zero-order chi connectivity index (χ0) is 12.5. The number of benzene rings is 1. The second-order valence-corrected chi connectivity index (χ2v) is 5.74. The summed E-state index contributed by atoms with van der Waals surface area (Å²) in [6, 6.07) is 6.30. The van der Waals surface area contributed by atoms with Gasteiger partial charge in [-0.3, -0.25) is 0 Å². The highest BCUT2D eigenvalue weighted by Gasteiger charge is 2.01. The molecule has 2 heteroatoms. The number of anilines is 1. The number of aryl methyl sites for hydroxylation is 1. The summed E-state index contributed by atoms with van der Waals surface area (Å²) >= 11 is 1.90. The minimum atomic E-state index is 0.962. The third kappa shape index (κ3) is 5.49. The molecule has 0 radical (unpaired) electrons. The Morgan fingerprint density at radius 2 is 1.76 bits per heavy atom. The Hall–Kier alpha value is -0.630. The van der Waals surface area contributed by atoms with E-state index in [9.17, 15) is 0 Å². The van der Waals surface area contributed by atoms with Gasteiger partial charge in [0.2, 0.25) is 0 Å². The predicted octanol–water partition coefficient (Wildman–Crippen LogP) is 5.03. The van der Waals surface area contributed by atoms with Gasteiger partial charge in [-0.2, -0.15) is 0 Å². The van der Waals surface area contributed by atoms with Gasteiger partial charge in [-0.15, -0.1) is 11.8 Å². The molecule has 0 fully saturated rings. The van der Waals surface area contributed by atoms with Gasteiger partial charge >= 0.3 is 0 Å². The molecule has 0 atom stereocenters. The molecule has 0 aromatic heterocycles. The first kappa shape index (κ1) is 14.4. The lowest BCUT2D eigenvalue weighted by Gasteiger charge is -2.07. The molecule has 0 aliphatic rings. The quantitative estimate of drug-likeness (QED) is 0.398. The monoisotopic (exact) mass is 251 g/mol. The van der Waals surface area contributed by atoms with E-state index < -0.39 is 0 Å². The first-order chi connectivity index (χ1) is 8.25. The summed E-state index contributed by atoms with van der Waals surface area (Å²) in [5.74, 6) is 1.19. The van der Waals surface area contributed by atoms with Crippen LogP contribution in [-0.4, -0.2) is 5.75 Å². The SMILES string of the molecule is CCCCCCCCSc1cccc(C)c1N. The second kappa shape index (κ2) is 8.46. The lowest BCUT2D eigenvalue weighted by Crippen LogP contribution is -1.92. The van der Waals surface area contributed by atoms with Crippen LogP contribution in [0.15, 0.2) is 23.1 Å². The molecule has 1 nitrogen and oxygen atoms in total. The third-order valence-corrected chi connectivity index (χ3v) is 4.20. The van der Waals surface area contributed by atoms with Gasteiger partial charge in [0, 0.05) is 10.6 Å². The molecule has 0 amide bonds. The van der Waals surface area contributed by atoms with Gasteiger partial charge in [0.1, 0.15) is 0 Å². The van der Waals surface area contributed by atoms with Crippen molar-refractivity contribution in [2.75, 3.05) is 11.5 Å². The van der Waals surface area contributed by atoms with E-state index in [1.54, 1.807) is 0 Å². The van der Waals surface area contributed by atoms with Crippen molar-refractivity contribution in [1.29, 1.82) is 0 Å². The van der Waals surface area contributed by atoms with Crippen molar-refractivity contribution in [3.8, 4) is 0 Å². The summed E-state index contributed by atoms with van der Waals surface area (Å²) in [4.78, 5) is 1.25. The summed E-state index contributed by atoms with van der Waals surface area (Å²) in [5.41, 5.74) is 8.20. The van der Waals surface area contributed by atoms with E-state index in [1.807, 2.05) is 11.8 Å². The van der Waals surface area contributed by atoms with Crippen LogP contribution < -0.4 is 5.73 Å². The van der Waals surface area contributed by atoms with Crippen molar-refractivity contribution < 1.29 is 0 Å². The Balaban J connectivity index is 2.16. The van der Waals surface area contributed by atoms with Gasteiger partial charge < -0.3 is 5.73 Å². The highest BCUT2D eigenvalue weighted by Crippen LogP contribution is 2.28. The average Bonchev–Trinajstić information content (AvgIpc) is 2.33. The number of hydrogen-bond acceptors (Lipinski definition) is 2. The molecule has 96 valence electrons. The van der Waals surface area contributed by atoms with Gasteiger partial charge in [-0.1, -0.05) is 51.2 Å². The zero-order valence-corrected chi connectivity index (χ0v) is 12.0. The number of rotatable bonds is 8. The Morgan fingerprint density at radius 3 is 2.53 bits per heavy atom. The number of nitrogens with two attached hydrogens (primary N) is 1. The summed E-state index contributed by atoms with van der Waals surface area (Å²) in [5, 5.41) is 0. The van der Waals surface area contributed by atoms with E-state index in [1.165, 1.54) is 54.7 Å². The van der Waals surface area contributed by atoms with Crippen LogP contribution in [0.4, 0.5) is 5.69 Å². The molecular weight excluding hydrogens is 226 g/mol. The maximum atomic E-state index is 6.04. The predicted molar refractivity (Wildman–Crippen MR) is 79.7 cm³/mol. The largest absolute Gasteiger partial charge is 0.398 e. The molecule has 0 bridgehead atoms. The molecule has 0 saturated heterocycles. The molecule has 0 unspecified atom stereocenters. The number of unbranched alkanes of at least 4 members (excludes halogenated alkanes) is 5. The zero-order valence-electron chi connectivity index (χ0n) is 11.2. The van der Waals surface area contributed by atoms with Crippen LogP contribution in [-0.2, 0) is 0 Å². The Bertz CT molecular complexity index is 323. The van der Waals surface area contributed by atoms with E-state index in [0.29, 0.717) is 0 Å². The summed E-state index contributed by atoms with van der Waals surface area (Å²) in [7, 11) is 0. The Morgan fingerprint density at radius 1 is 1.06 bits per heavy atom. The molecule has 0 aliphatic heterocycles. The van der Waals surface area contributed by atoms with Gasteiger partial charge in [0.15, 0.2) is 0 Å². The van der Waals surface area contributed by atoms with E-state index in [4.69, 9.17) is 5.73 Å². The lowest BCUT2D eigenvalue weighted by molar-refractivity contribution is 0.627. The highest BCUT2D eigenvalue weighted by molar-refractivity contribution is 7.99. The Kier molecular flexibility index (Phi) is 7.18. The van der Waals surface area contributed by atoms with Crippen molar-refractivity contribution in [2.24, 2.45) is 0 Å². The Labute approximate surface area is 110 Å². The van der Waals surface area contributed by atoms with Gasteiger partial charge in [0.05, 0.1) is 0 Å². The van der Waals surface area contributed by atoms with Crippen LogP contribution in [0, 0.1) is 6.92 Å². The first-order valence-electron chi connectivity index (χ1n) is 6.73. The van der Waals surface area contributed by atoms with Crippen molar-refractivity contribution >= 4 is 17.4 Å². The number of para-hydroxylation sites is 1. The molecule has 17 heavy (non-hydrogen) atoms. The third-order valence-electron chi connectivity index (χ3n) is 3.04. The molecule has 1 aromatic rings. The number of hydrogen-bond donors (Lipinski definition) is 1. The number of nitrogen functional groups attached to an aromatic ring is 1. The molecule has 1 rings (SSSR count). The minimum absolute atomic E-state index is 0.962. The van der Waals surface area contributed by atoms with Crippen LogP contribution in [0.3, 0.4) is 0 Å². The molecule has 0 heterocycles. The molecule has 2 N–H and O–H groups in total. The van der Waals surface area contributed by atoms with Crippen molar-refractivity contribution in [1.82, 2.24) is 0 Å². The van der Waals surface area contributed by atoms with Crippen LogP contribution in [0.2, 0.25) is 0 Å². The smallest absolute Gasteiger partial charge is 0.0481 e. The van der Waals surface area contributed by atoms with E-state index in [-0.39, 0.29) is 0 Å². The van der Waals surface area contributed by atoms with Gasteiger partial charge in [-0.25, -0.2) is 0 Å². The fourth-order valence-corrected chi connectivity index (χ4v) is 2.90. The molecule has 0 aliphatic carbocycles. The van der Waals surface area contributed by atoms with E-state index >= 15 is 0 Å². The standard InChI is InChI=1S/C15H25NS/c1-3-4-5-6-7-8-12-17-14-11-9-10-13(2)15(14)16/h9-11H,3-8,12,16H2,1-2H3. The highest BCUT2D eigenvalue weighted by atomic mass is 32.2. The maximum Gasteiger partial charge on any atom is 0.0481 e. The first-order valence-corrected chi connectivity index (χ1v) is 7.72. The van der Waals surface area contributed by atoms with Crippen molar-refractivity contribution in [3.63, 3.8) is 0 Å². The fraction of sp³-hybridized carbons (Fsp3) is 0.600. The topological polar surface area (TPSA) is 26.0 Å². The van der Waals surface area contributed by atoms with Crippen LogP contribution in [0.1, 0.15) is 51.0 Å². The van der Waals surface area contributed by atoms with Crippen molar-refractivity contribution in [3.05, 3.63) is 23.8 Å². The molecular formula is C15H25NS. The maximum absolute atomic E-state index is 6.04. The molecule has 1 aromatic carbocycles. The average molecular weight is 251 g/mol. The summed E-state index contributed by atoms with van der Waals surface area (Å²) in [6.45, 7) is 4.33. The van der Waals surface area contributed by atoms with Gasteiger partial charge in [-0.05, 0) is 30.7 Å². The normalized spacial score (nSPS) is 10.7. The molecule has 0 spiro atoms. The van der Waals surface area contributed by atoms with Crippen LogP contribution >= 0.6 is 11.8 Å². The fourth-order valence-electron chi connectivity index (χ4n) is 1.84. The van der Waals surface area contributed by atoms with Crippen molar-refractivity contribution in [2.45, 2.75) is 57.3 Å². The van der Waals surface area contributed by atoms with E-state index in [0.717, 1.165) is 5.69 Å². The minimum Gasteiger partial charge on any atom is -0.398 e. The second-order valence-electron chi connectivity index (χ2n) is 4.60.